The molecule has 0 saturated carbocycles. The van der Waals surface area contributed by atoms with E-state index in [9.17, 15) is 13.2 Å². The number of amides is 1. The number of hydrogen-bond donors (Lipinski definition) is 3. The van der Waals surface area contributed by atoms with E-state index in [4.69, 9.17) is 0 Å². The number of hydrogen-bond acceptors (Lipinski definition) is 5. The quantitative estimate of drug-likeness (QED) is 0.679. The Morgan fingerprint density at radius 1 is 1.47 bits per heavy atom. The molecule has 1 unspecified atom stereocenters. The van der Waals surface area contributed by atoms with Crippen LogP contribution in [0.25, 0.3) is 0 Å². The fourth-order valence-electron chi connectivity index (χ4n) is 1.47. The van der Waals surface area contributed by atoms with E-state index >= 15 is 0 Å². The second-order valence-corrected chi connectivity index (χ2v) is 5.52. The van der Waals surface area contributed by atoms with Gasteiger partial charge >= 0.3 is 0 Å². The van der Waals surface area contributed by atoms with Crippen molar-refractivity contribution in [2.24, 2.45) is 0 Å². The van der Waals surface area contributed by atoms with Crippen molar-refractivity contribution in [2.45, 2.75) is 24.8 Å². The molecular formula is C11H18N4O3S. The SMILES string of the molecule is CCNC(=O)C(C)NS(=O)(=O)c1cccnc1NC. The normalized spacial score (nSPS) is 12.8. The van der Waals surface area contributed by atoms with E-state index in [0.29, 0.717) is 6.54 Å². The highest BCUT2D eigenvalue weighted by molar-refractivity contribution is 7.89. The van der Waals surface area contributed by atoms with E-state index in [1.807, 2.05) is 0 Å². The summed E-state index contributed by atoms with van der Waals surface area (Å²) >= 11 is 0. The lowest BCUT2D eigenvalue weighted by Gasteiger charge is -2.15. The third-order valence-electron chi connectivity index (χ3n) is 2.37. The summed E-state index contributed by atoms with van der Waals surface area (Å²) in [6.45, 7) is 3.69. The van der Waals surface area contributed by atoms with Crippen molar-refractivity contribution in [1.82, 2.24) is 15.0 Å². The number of carbonyl (C=O) groups excluding carboxylic acids is 1. The number of likely N-dealkylation sites (N-methyl/N-ethyl adjacent to an activating group) is 1. The van der Waals surface area contributed by atoms with Gasteiger partial charge in [-0.1, -0.05) is 0 Å². The minimum atomic E-state index is -3.80. The first-order valence-electron chi connectivity index (χ1n) is 5.85. The maximum atomic E-state index is 12.2. The van der Waals surface area contributed by atoms with Crippen LogP contribution in [0, 0.1) is 0 Å². The first-order valence-corrected chi connectivity index (χ1v) is 7.33. The monoisotopic (exact) mass is 286 g/mol. The van der Waals surface area contributed by atoms with Crippen LogP contribution in [0.1, 0.15) is 13.8 Å². The number of nitrogens with one attached hydrogen (secondary N) is 3. The van der Waals surface area contributed by atoms with Crippen molar-refractivity contribution in [3.63, 3.8) is 0 Å². The van der Waals surface area contributed by atoms with Gasteiger partial charge in [0.2, 0.25) is 15.9 Å². The average molecular weight is 286 g/mol. The molecule has 106 valence electrons. The maximum Gasteiger partial charge on any atom is 0.244 e. The minimum Gasteiger partial charge on any atom is -0.372 e. The molecule has 19 heavy (non-hydrogen) atoms. The van der Waals surface area contributed by atoms with Gasteiger partial charge in [-0.3, -0.25) is 4.79 Å². The number of anilines is 1. The summed E-state index contributed by atoms with van der Waals surface area (Å²) in [6.07, 6.45) is 1.48. The van der Waals surface area contributed by atoms with E-state index in [0.717, 1.165) is 0 Å². The largest absolute Gasteiger partial charge is 0.372 e. The summed E-state index contributed by atoms with van der Waals surface area (Å²) in [5.41, 5.74) is 0. The number of rotatable bonds is 6. The lowest BCUT2D eigenvalue weighted by molar-refractivity contribution is -0.122. The van der Waals surface area contributed by atoms with Crippen LogP contribution in [-0.2, 0) is 14.8 Å². The molecule has 0 aliphatic rings. The summed E-state index contributed by atoms with van der Waals surface area (Å²) in [4.78, 5) is 15.5. The lowest BCUT2D eigenvalue weighted by Crippen LogP contribution is -2.44. The molecule has 1 aromatic heterocycles. The molecule has 1 heterocycles. The zero-order valence-electron chi connectivity index (χ0n) is 11.1. The van der Waals surface area contributed by atoms with E-state index in [1.54, 1.807) is 14.0 Å². The molecule has 3 N–H and O–H groups in total. The van der Waals surface area contributed by atoms with Gasteiger partial charge in [0.05, 0.1) is 6.04 Å². The Kier molecular flexibility index (Phi) is 5.25. The Hall–Kier alpha value is -1.67. The molecule has 1 amide bonds. The number of carbonyl (C=O) groups is 1. The summed E-state index contributed by atoms with van der Waals surface area (Å²) in [7, 11) is -2.22. The number of aromatic nitrogens is 1. The summed E-state index contributed by atoms with van der Waals surface area (Å²) in [6, 6.07) is 2.09. The Morgan fingerprint density at radius 3 is 2.74 bits per heavy atom. The van der Waals surface area contributed by atoms with Gasteiger partial charge < -0.3 is 10.6 Å². The Morgan fingerprint density at radius 2 is 2.16 bits per heavy atom. The van der Waals surface area contributed by atoms with Crippen LogP contribution >= 0.6 is 0 Å². The first-order chi connectivity index (χ1) is 8.92. The second-order valence-electron chi connectivity index (χ2n) is 3.84. The van der Waals surface area contributed by atoms with Crippen LogP contribution in [-0.4, -0.2) is 38.9 Å². The maximum absolute atomic E-state index is 12.2. The topological polar surface area (TPSA) is 100 Å². The van der Waals surface area contributed by atoms with Gasteiger partial charge in [-0.15, -0.1) is 0 Å². The molecule has 1 atom stereocenters. The van der Waals surface area contributed by atoms with Crippen LogP contribution in [0.5, 0.6) is 0 Å². The molecule has 0 bridgehead atoms. The molecule has 0 aliphatic heterocycles. The van der Waals surface area contributed by atoms with Gasteiger partial charge in [0, 0.05) is 19.8 Å². The molecule has 8 heteroatoms. The molecule has 0 spiro atoms. The summed E-state index contributed by atoms with van der Waals surface area (Å²) < 4.78 is 26.6. The van der Waals surface area contributed by atoms with E-state index in [-0.39, 0.29) is 16.6 Å². The number of pyridine rings is 1. The van der Waals surface area contributed by atoms with Gasteiger partial charge in [0.1, 0.15) is 10.7 Å². The molecule has 0 fully saturated rings. The highest BCUT2D eigenvalue weighted by atomic mass is 32.2. The first kappa shape index (κ1) is 15.4. The standard InChI is InChI=1S/C11H18N4O3S/c1-4-13-11(16)8(2)15-19(17,18)9-6-5-7-14-10(9)12-3/h5-8,15H,4H2,1-3H3,(H,12,14)(H,13,16). The van der Waals surface area contributed by atoms with Gasteiger partial charge in [0.25, 0.3) is 0 Å². The molecule has 0 saturated heterocycles. The highest BCUT2D eigenvalue weighted by Gasteiger charge is 2.24. The van der Waals surface area contributed by atoms with Gasteiger partial charge in [0.15, 0.2) is 0 Å². The zero-order chi connectivity index (χ0) is 14.5. The van der Waals surface area contributed by atoms with Crippen LogP contribution in [0.2, 0.25) is 0 Å². The van der Waals surface area contributed by atoms with Crippen LogP contribution in [0.15, 0.2) is 23.2 Å². The van der Waals surface area contributed by atoms with E-state index < -0.39 is 16.1 Å². The predicted octanol–water partition coefficient (Wildman–Crippen LogP) is -0.0738. The predicted molar refractivity (Wildman–Crippen MR) is 72.3 cm³/mol. The molecule has 1 rings (SSSR count). The Bertz CT molecular complexity index is 545. The van der Waals surface area contributed by atoms with Crippen LogP contribution in [0.3, 0.4) is 0 Å². The summed E-state index contributed by atoms with van der Waals surface area (Å²) in [5, 5.41) is 5.25. The molecule has 0 aliphatic carbocycles. The average Bonchev–Trinajstić information content (AvgIpc) is 2.38. The highest BCUT2D eigenvalue weighted by Crippen LogP contribution is 2.17. The number of sulfonamides is 1. The van der Waals surface area contributed by atoms with Crippen molar-refractivity contribution >= 4 is 21.7 Å². The third-order valence-corrected chi connectivity index (χ3v) is 3.95. The fourth-order valence-corrected chi connectivity index (χ4v) is 2.84. The molecule has 0 aromatic carbocycles. The van der Waals surface area contributed by atoms with Crippen molar-refractivity contribution in [3.8, 4) is 0 Å². The smallest absolute Gasteiger partial charge is 0.244 e. The second kappa shape index (κ2) is 6.48. The molecule has 0 radical (unpaired) electrons. The van der Waals surface area contributed by atoms with E-state index in [2.05, 4.69) is 20.3 Å². The van der Waals surface area contributed by atoms with Crippen molar-refractivity contribution in [2.75, 3.05) is 18.9 Å². The van der Waals surface area contributed by atoms with Gasteiger partial charge in [-0.2, -0.15) is 4.72 Å². The molecular weight excluding hydrogens is 268 g/mol. The third kappa shape index (κ3) is 3.90. The van der Waals surface area contributed by atoms with Crippen LogP contribution in [0.4, 0.5) is 5.82 Å². The Balaban J connectivity index is 2.96. The van der Waals surface area contributed by atoms with E-state index in [1.165, 1.54) is 25.3 Å². The zero-order valence-corrected chi connectivity index (χ0v) is 11.9. The van der Waals surface area contributed by atoms with Crippen molar-refractivity contribution in [3.05, 3.63) is 18.3 Å². The van der Waals surface area contributed by atoms with Gasteiger partial charge in [-0.25, -0.2) is 13.4 Å². The Labute approximate surface area is 112 Å². The van der Waals surface area contributed by atoms with Crippen molar-refractivity contribution in [1.29, 1.82) is 0 Å². The van der Waals surface area contributed by atoms with Crippen LogP contribution < -0.4 is 15.4 Å². The molecule has 1 aromatic rings. The minimum absolute atomic E-state index is 0.00801. The number of nitrogens with zero attached hydrogens (tertiary/aromatic N) is 1. The van der Waals surface area contributed by atoms with Gasteiger partial charge in [-0.05, 0) is 26.0 Å². The summed E-state index contributed by atoms with van der Waals surface area (Å²) in [5.74, 6) is -0.140. The van der Waals surface area contributed by atoms with Crippen molar-refractivity contribution < 1.29 is 13.2 Å². The molecule has 7 nitrogen and oxygen atoms in total. The lowest BCUT2D eigenvalue weighted by atomic mass is 10.3. The fraction of sp³-hybridized carbons (Fsp3) is 0.455.